The van der Waals surface area contributed by atoms with Crippen molar-refractivity contribution in [1.82, 2.24) is 20.3 Å². The van der Waals surface area contributed by atoms with Gasteiger partial charge in [-0.2, -0.15) is 0 Å². The highest BCUT2D eigenvalue weighted by molar-refractivity contribution is 7.12. The van der Waals surface area contributed by atoms with Gasteiger partial charge >= 0.3 is 0 Å². The van der Waals surface area contributed by atoms with E-state index in [1.807, 2.05) is 12.3 Å². The van der Waals surface area contributed by atoms with E-state index in [1.54, 1.807) is 36.4 Å². The number of nitrogens with zero attached hydrogens (tertiary/aromatic N) is 2. The van der Waals surface area contributed by atoms with Crippen molar-refractivity contribution in [3.63, 3.8) is 0 Å². The van der Waals surface area contributed by atoms with Crippen LogP contribution in [0.5, 0.6) is 0 Å². The highest BCUT2D eigenvalue weighted by atomic mass is 32.1. The molecule has 0 bridgehead atoms. The average molecular weight is 385 g/mol. The van der Waals surface area contributed by atoms with Crippen LogP contribution >= 0.6 is 11.3 Å². The fourth-order valence-electron chi connectivity index (χ4n) is 2.53. The van der Waals surface area contributed by atoms with Crippen LogP contribution in [0.2, 0.25) is 0 Å². The number of hydrogen-bond donors (Lipinski definition) is 3. The largest absolute Gasteiger partial charge is 0.351 e. The van der Waals surface area contributed by atoms with Crippen LogP contribution in [0.4, 0.5) is 5.95 Å². The molecule has 0 saturated heterocycles. The quantitative estimate of drug-likeness (QED) is 0.537. The fraction of sp³-hybridized carbons (Fsp3) is 0.222. The number of thiophene rings is 1. The van der Waals surface area contributed by atoms with Crippen molar-refractivity contribution in [3.8, 4) is 0 Å². The summed E-state index contributed by atoms with van der Waals surface area (Å²) in [6.07, 6.45) is 0.0913. The van der Waals surface area contributed by atoms with Gasteiger partial charge in [0.25, 0.3) is 11.5 Å². The van der Waals surface area contributed by atoms with Gasteiger partial charge in [-0.25, -0.2) is 4.98 Å². The molecule has 3 aromatic rings. The number of fused-ring (bicyclic) bond motifs is 1. The number of para-hydroxylation sites is 1. The molecule has 1 aromatic carbocycles. The zero-order chi connectivity index (χ0) is 19.2. The van der Waals surface area contributed by atoms with E-state index in [4.69, 9.17) is 0 Å². The highest BCUT2D eigenvalue weighted by Gasteiger charge is 2.11. The predicted molar refractivity (Wildman–Crippen MR) is 105 cm³/mol. The number of carbonyl (C=O) groups is 2. The molecule has 0 aliphatic rings. The molecule has 0 spiro atoms. The standard InChI is InChI=1S/C18H19N5O3S/c1-2-23-17(26)12-6-3-4-7-13(12)20-18(23)22-21-15(24)9-10-19-16(25)14-8-5-11-27-14/h3-8,11H,2,9-10H2,1H3,(H,19,25)(H,20,22)(H,21,24). The van der Waals surface area contributed by atoms with Gasteiger partial charge in [0.2, 0.25) is 11.9 Å². The van der Waals surface area contributed by atoms with E-state index in [0.717, 1.165) is 0 Å². The number of aromatic nitrogens is 2. The first-order valence-corrected chi connectivity index (χ1v) is 9.34. The first-order chi connectivity index (χ1) is 13.1. The molecule has 0 unspecified atom stereocenters. The van der Waals surface area contributed by atoms with E-state index in [0.29, 0.717) is 22.3 Å². The van der Waals surface area contributed by atoms with E-state index in [9.17, 15) is 14.4 Å². The van der Waals surface area contributed by atoms with Crippen LogP contribution in [-0.4, -0.2) is 27.9 Å². The number of hydrazine groups is 1. The molecule has 0 aliphatic carbocycles. The van der Waals surface area contributed by atoms with Crippen LogP contribution in [0, 0.1) is 0 Å². The summed E-state index contributed by atoms with van der Waals surface area (Å²) in [5.41, 5.74) is 5.59. The topological polar surface area (TPSA) is 105 Å². The van der Waals surface area contributed by atoms with Crippen molar-refractivity contribution < 1.29 is 9.59 Å². The molecule has 2 amide bonds. The minimum atomic E-state index is -0.327. The van der Waals surface area contributed by atoms with Crippen LogP contribution in [0.1, 0.15) is 23.0 Å². The third-order valence-electron chi connectivity index (χ3n) is 3.87. The Morgan fingerprint density at radius 2 is 2.00 bits per heavy atom. The zero-order valence-corrected chi connectivity index (χ0v) is 15.5. The Hall–Kier alpha value is -3.20. The second kappa shape index (κ2) is 8.45. The van der Waals surface area contributed by atoms with E-state index in [1.165, 1.54) is 15.9 Å². The third kappa shape index (κ3) is 4.32. The SMILES string of the molecule is CCn1c(NNC(=O)CCNC(=O)c2cccs2)nc2ccccc2c1=O. The smallest absolute Gasteiger partial charge is 0.262 e. The normalized spacial score (nSPS) is 10.6. The molecule has 2 heterocycles. The zero-order valence-electron chi connectivity index (χ0n) is 14.7. The minimum Gasteiger partial charge on any atom is -0.351 e. The number of nitrogens with one attached hydrogen (secondary N) is 3. The van der Waals surface area contributed by atoms with Gasteiger partial charge in [-0.1, -0.05) is 18.2 Å². The molecule has 0 atom stereocenters. The third-order valence-corrected chi connectivity index (χ3v) is 4.74. The summed E-state index contributed by atoms with van der Waals surface area (Å²) < 4.78 is 1.45. The number of carbonyl (C=O) groups excluding carboxylic acids is 2. The summed E-state index contributed by atoms with van der Waals surface area (Å²) >= 11 is 1.34. The Labute approximate surface area is 159 Å². The van der Waals surface area contributed by atoms with E-state index >= 15 is 0 Å². The number of hydrogen-bond acceptors (Lipinski definition) is 6. The van der Waals surface area contributed by atoms with Gasteiger partial charge in [-0.3, -0.25) is 29.8 Å². The van der Waals surface area contributed by atoms with Crippen molar-refractivity contribution >= 4 is 40.0 Å². The molecule has 0 radical (unpaired) electrons. The molecular formula is C18H19N5O3S. The second-order valence-electron chi connectivity index (χ2n) is 5.66. The van der Waals surface area contributed by atoms with Crippen LogP contribution in [0.25, 0.3) is 10.9 Å². The van der Waals surface area contributed by atoms with E-state index in [-0.39, 0.29) is 36.3 Å². The summed E-state index contributed by atoms with van der Waals surface area (Å²) in [4.78, 5) is 41.3. The van der Waals surface area contributed by atoms with Gasteiger partial charge in [-0.15, -0.1) is 11.3 Å². The molecule has 140 valence electrons. The van der Waals surface area contributed by atoms with Crippen molar-refractivity contribution in [1.29, 1.82) is 0 Å². The summed E-state index contributed by atoms with van der Waals surface area (Å²) in [6, 6.07) is 10.5. The number of anilines is 1. The molecule has 2 aromatic heterocycles. The Balaban J connectivity index is 1.58. The van der Waals surface area contributed by atoms with Crippen LogP contribution in [-0.2, 0) is 11.3 Å². The first-order valence-electron chi connectivity index (χ1n) is 8.46. The average Bonchev–Trinajstić information content (AvgIpc) is 3.21. The van der Waals surface area contributed by atoms with Crippen LogP contribution in [0.3, 0.4) is 0 Å². The Morgan fingerprint density at radius 3 is 2.74 bits per heavy atom. The van der Waals surface area contributed by atoms with Gasteiger partial charge in [0.15, 0.2) is 0 Å². The molecule has 3 N–H and O–H groups in total. The van der Waals surface area contributed by atoms with Crippen LogP contribution < -0.4 is 21.7 Å². The lowest BCUT2D eigenvalue weighted by atomic mass is 10.2. The molecule has 3 rings (SSSR count). The van der Waals surface area contributed by atoms with Crippen LogP contribution in [0.15, 0.2) is 46.6 Å². The maximum atomic E-state index is 12.5. The summed E-state index contributed by atoms with van der Waals surface area (Å²) in [5, 5.41) is 5.02. The number of rotatable bonds is 7. The molecule has 0 fully saturated rings. The monoisotopic (exact) mass is 385 g/mol. The second-order valence-corrected chi connectivity index (χ2v) is 6.61. The summed E-state index contributed by atoms with van der Waals surface area (Å²) in [6.45, 7) is 2.44. The molecule has 0 aliphatic heterocycles. The maximum Gasteiger partial charge on any atom is 0.262 e. The first kappa shape index (κ1) is 18.6. The Bertz CT molecular complexity index is 1010. The lowest BCUT2D eigenvalue weighted by Crippen LogP contribution is -2.36. The van der Waals surface area contributed by atoms with Crippen molar-refractivity contribution in [2.24, 2.45) is 0 Å². The maximum absolute atomic E-state index is 12.5. The fourth-order valence-corrected chi connectivity index (χ4v) is 3.17. The lowest BCUT2D eigenvalue weighted by Gasteiger charge is -2.14. The molecule has 0 saturated carbocycles. The van der Waals surface area contributed by atoms with Crippen molar-refractivity contribution in [2.75, 3.05) is 12.0 Å². The molecule has 8 nitrogen and oxygen atoms in total. The highest BCUT2D eigenvalue weighted by Crippen LogP contribution is 2.10. The lowest BCUT2D eigenvalue weighted by molar-refractivity contribution is -0.120. The van der Waals surface area contributed by atoms with Gasteiger partial charge in [-0.05, 0) is 30.5 Å². The minimum absolute atomic E-state index is 0.0913. The van der Waals surface area contributed by atoms with Gasteiger partial charge in [0.05, 0.1) is 15.8 Å². The van der Waals surface area contributed by atoms with E-state index in [2.05, 4.69) is 21.2 Å². The Morgan fingerprint density at radius 1 is 1.19 bits per heavy atom. The van der Waals surface area contributed by atoms with Crippen molar-refractivity contribution in [3.05, 3.63) is 57.0 Å². The van der Waals surface area contributed by atoms with Gasteiger partial charge in [0.1, 0.15) is 0 Å². The molecule has 9 heteroatoms. The molecular weight excluding hydrogens is 366 g/mol. The van der Waals surface area contributed by atoms with Gasteiger partial charge in [0, 0.05) is 19.5 Å². The van der Waals surface area contributed by atoms with Crippen molar-refractivity contribution in [2.45, 2.75) is 19.9 Å². The predicted octanol–water partition coefficient (Wildman–Crippen LogP) is 1.74. The summed E-state index contributed by atoms with van der Waals surface area (Å²) in [5.74, 6) is -0.273. The van der Waals surface area contributed by atoms with Gasteiger partial charge < -0.3 is 5.32 Å². The Kier molecular flexibility index (Phi) is 5.82. The summed E-state index contributed by atoms with van der Waals surface area (Å²) in [7, 11) is 0. The van der Waals surface area contributed by atoms with E-state index < -0.39 is 0 Å². The number of amides is 2. The molecule has 27 heavy (non-hydrogen) atoms. The number of benzene rings is 1.